The maximum absolute atomic E-state index is 12.4. The Labute approximate surface area is 160 Å². The van der Waals surface area contributed by atoms with Crippen LogP contribution in [0.15, 0.2) is 51.9 Å². The lowest BCUT2D eigenvalue weighted by Gasteiger charge is -2.09. The molecule has 1 heterocycles. The first-order valence-corrected chi connectivity index (χ1v) is 9.24. The Balaban J connectivity index is 1.71. The van der Waals surface area contributed by atoms with Crippen LogP contribution in [0.3, 0.4) is 0 Å². The molecule has 0 saturated carbocycles. The maximum atomic E-state index is 12.4. The summed E-state index contributed by atoms with van der Waals surface area (Å²) in [5.41, 5.74) is 1.02. The lowest BCUT2D eigenvalue weighted by Crippen LogP contribution is -2.07. The van der Waals surface area contributed by atoms with E-state index in [9.17, 15) is 4.79 Å². The summed E-state index contributed by atoms with van der Waals surface area (Å²) in [6.45, 7) is -0.144. The third-order valence-electron chi connectivity index (χ3n) is 3.77. The van der Waals surface area contributed by atoms with E-state index in [0.29, 0.717) is 28.5 Å². The molecule has 0 fully saturated rings. The van der Waals surface area contributed by atoms with Crippen LogP contribution in [0.5, 0.6) is 11.5 Å². The Hall–Kier alpha value is -3.00. The van der Waals surface area contributed by atoms with Gasteiger partial charge in [0, 0.05) is 4.90 Å². The number of ether oxygens (including phenoxy) is 3. The zero-order valence-electron chi connectivity index (χ0n) is 15.1. The van der Waals surface area contributed by atoms with Crippen LogP contribution in [0.4, 0.5) is 0 Å². The quantitative estimate of drug-likeness (QED) is 0.447. The normalized spacial score (nSPS) is 10.5. The second-order valence-electron chi connectivity index (χ2n) is 5.35. The SMILES string of the molecule is COc1cc(SC)ccc1C(=O)OCc1nc(-c2ccccc2OC)no1. The third-order valence-corrected chi connectivity index (χ3v) is 4.50. The smallest absolute Gasteiger partial charge is 0.342 e. The van der Waals surface area contributed by atoms with E-state index >= 15 is 0 Å². The highest BCUT2D eigenvalue weighted by Gasteiger charge is 2.17. The molecule has 0 bridgehead atoms. The molecular formula is C19H18N2O5S. The Kier molecular flexibility index (Phi) is 5.97. The first-order chi connectivity index (χ1) is 13.2. The highest BCUT2D eigenvalue weighted by molar-refractivity contribution is 7.98. The van der Waals surface area contributed by atoms with Crippen LogP contribution in [0.25, 0.3) is 11.4 Å². The summed E-state index contributed by atoms with van der Waals surface area (Å²) in [7, 11) is 3.07. The molecule has 8 heteroatoms. The molecule has 0 aliphatic carbocycles. The summed E-state index contributed by atoms with van der Waals surface area (Å²) in [6.07, 6.45) is 1.95. The Bertz CT molecular complexity index is 941. The Morgan fingerprint density at radius 1 is 1.11 bits per heavy atom. The molecule has 0 aliphatic heterocycles. The molecule has 7 nitrogen and oxygen atoms in total. The van der Waals surface area contributed by atoms with Crippen molar-refractivity contribution in [2.24, 2.45) is 0 Å². The number of nitrogens with zero attached hydrogens (tertiary/aromatic N) is 2. The fourth-order valence-electron chi connectivity index (χ4n) is 2.42. The molecule has 0 radical (unpaired) electrons. The number of methoxy groups -OCH3 is 2. The van der Waals surface area contributed by atoms with Crippen LogP contribution in [0, 0.1) is 0 Å². The van der Waals surface area contributed by atoms with Crippen molar-refractivity contribution in [1.82, 2.24) is 10.1 Å². The number of carbonyl (C=O) groups excluding carboxylic acids is 1. The van der Waals surface area contributed by atoms with Gasteiger partial charge in [0.25, 0.3) is 5.89 Å². The second-order valence-corrected chi connectivity index (χ2v) is 6.23. The van der Waals surface area contributed by atoms with E-state index in [-0.39, 0.29) is 12.5 Å². The summed E-state index contributed by atoms with van der Waals surface area (Å²) in [4.78, 5) is 17.6. The molecule has 140 valence electrons. The van der Waals surface area contributed by atoms with Crippen molar-refractivity contribution in [3.05, 3.63) is 53.9 Å². The number of rotatable bonds is 7. The van der Waals surface area contributed by atoms with Crippen molar-refractivity contribution in [2.45, 2.75) is 11.5 Å². The molecule has 0 N–H and O–H groups in total. The van der Waals surface area contributed by atoms with Gasteiger partial charge in [-0.15, -0.1) is 11.8 Å². The molecule has 0 aliphatic rings. The van der Waals surface area contributed by atoms with Crippen LogP contribution < -0.4 is 9.47 Å². The lowest BCUT2D eigenvalue weighted by molar-refractivity contribution is 0.0426. The summed E-state index contributed by atoms with van der Waals surface area (Å²) in [5.74, 6) is 1.09. The average Bonchev–Trinajstić information content (AvgIpc) is 3.20. The van der Waals surface area contributed by atoms with E-state index in [1.807, 2.05) is 30.5 Å². The van der Waals surface area contributed by atoms with Gasteiger partial charge in [-0.05, 0) is 36.6 Å². The lowest BCUT2D eigenvalue weighted by atomic mass is 10.2. The number of para-hydroxylation sites is 1. The third kappa shape index (κ3) is 4.22. The van der Waals surface area contributed by atoms with Gasteiger partial charge in [0.1, 0.15) is 17.1 Å². The predicted molar refractivity (Wildman–Crippen MR) is 100 cm³/mol. The molecule has 3 rings (SSSR count). The molecule has 0 amide bonds. The van der Waals surface area contributed by atoms with E-state index in [1.165, 1.54) is 7.11 Å². The topological polar surface area (TPSA) is 83.7 Å². The van der Waals surface area contributed by atoms with Crippen molar-refractivity contribution in [3.63, 3.8) is 0 Å². The number of aromatic nitrogens is 2. The summed E-state index contributed by atoms with van der Waals surface area (Å²) in [5, 5.41) is 3.92. The molecule has 1 aromatic heterocycles. The minimum absolute atomic E-state index is 0.144. The van der Waals surface area contributed by atoms with Gasteiger partial charge in [0.15, 0.2) is 6.61 Å². The number of thioether (sulfide) groups is 1. The first-order valence-electron chi connectivity index (χ1n) is 8.01. The van der Waals surface area contributed by atoms with Crippen molar-refractivity contribution < 1.29 is 23.5 Å². The van der Waals surface area contributed by atoms with Crippen LogP contribution in [0.1, 0.15) is 16.2 Å². The van der Waals surface area contributed by atoms with E-state index in [4.69, 9.17) is 18.7 Å². The van der Waals surface area contributed by atoms with Gasteiger partial charge in [-0.1, -0.05) is 17.3 Å². The first kappa shape index (κ1) is 18.8. The van der Waals surface area contributed by atoms with Gasteiger partial charge < -0.3 is 18.7 Å². The summed E-state index contributed by atoms with van der Waals surface area (Å²) < 4.78 is 21.0. The summed E-state index contributed by atoms with van der Waals surface area (Å²) in [6, 6.07) is 12.6. The highest BCUT2D eigenvalue weighted by atomic mass is 32.2. The van der Waals surface area contributed by atoms with Crippen LogP contribution in [-0.4, -0.2) is 36.6 Å². The fourth-order valence-corrected chi connectivity index (χ4v) is 2.85. The minimum Gasteiger partial charge on any atom is -0.496 e. The van der Waals surface area contributed by atoms with Gasteiger partial charge in [-0.3, -0.25) is 0 Å². The minimum atomic E-state index is -0.531. The van der Waals surface area contributed by atoms with Crippen LogP contribution in [0.2, 0.25) is 0 Å². The standard InChI is InChI=1S/C19H18N2O5S/c1-23-15-7-5-4-6-13(15)18-20-17(26-21-18)11-25-19(22)14-9-8-12(27-3)10-16(14)24-2/h4-10H,11H2,1-3H3. The van der Waals surface area contributed by atoms with Crippen molar-refractivity contribution in [2.75, 3.05) is 20.5 Å². The molecule has 0 saturated heterocycles. The fraction of sp³-hybridized carbons (Fsp3) is 0.211. The van der Waals surface area contributed by atoms with E-state index in [0.717, 1.165) is 4.90 Å². The molecule has 27 heavy (non-hydrogen) atoms. The number of esters is 1. The molecule has 3 aromatic rings. The largest absolute Gasteiger partial charge is 0.496 e. The molecule has 0 spiro atoms. The van der Waals surface area contributed by atoms with Gasteiger partial charge in [0.2, 0.25) is 5.82 Å². The Morgan fingerprint density at radius 3 is 2.63 bits per heavy atom. The van der Waals surface area contributed by atoms with Gasteiger partial charge in [-0.2, -0.15) is 4.98 Å². The number of hydrogen-bond donors (Lipinski definition) is 0. The monoisotopic (exact) mass is 386 g/mol. The maximum Gasteiger partial charge on any atom is 0.342 e. The molecule has 2 aromatic carbocycles. The van der Waals surface area contributed by atoms with E-state index in [2.05, 4.69) is 10.1 Å². The molecule has 0 unspecified atom stereocenters. The zero-order valence-corrected chi connectivity index (χ0v) is 15.9. The molecular weight excluding hydrogens is 368 g/mol. The van der Waals surface area contributed by atoms with Gasteiger partial charge >= 0.3 is 5.97 Å². The number of hydrogen-bond acceptors (Lipinski definition) is 8. The van der Waals surface area contributed by atoms with Crippen molar-refractivity contribution >= 4 is 17.7 Å². The molecule has 0 atom stereocenters. The van der Waals surface area contributed by atoms with Crippen LogP contribution in [-0.2, 0) is 11.3 Å². The van der Waals surface area contributed by atoms with Gasteiger partial charge in [-0.25, -0.2) is 4.79 Å². The van der Waals surface area contributed by atoms with Gasteiger partial charge in [0.05, 0.1) is 19.8 Å². The van der Waals surface area contributed by atoms with Crippen molar-refractivity contribution in [1.29, 1.82) is 0 Å². The zero-order chi connectivity index (χ0) is 19.2. The number of benzene rings is 2. The second kappa shape index (κ2) is 8.59. The van der Waals surface area contributed by atoms with Crippen LogP contribution >= 0.6 is 11.8 Å². The predicted octanol–water partition coefficient (Wildman–Crippen LogP) is 3.83. The van der Waals surface area contributed by atoms with E-state index < -0.39 is 5.97 Å². The number of carbonyl (C=O) groups is 1. The highest BCUT2D eigenvalue weighted by Crippen LogP contribution is 2.28. The summed E-state index contributed by atoms with van der Waals surface area (Å²) >= 11 is 1.56. The van der Waals surface area contributed by atoms with Crippen molar-refractivity contribution in [3.8, 4) is 22.9 Å². The average molecular weight is 386 g/mol. The van der Waals surface area contributed by atoms with E-state index in [1.54, 1.807) is 37.1 Å². The Morgan fingerprint density at radius 2 is 1.89 bits per heavy atom.